The first kappa shape index (κ1) is 18.4. The first-order valence-corrected chi connectivity index (χ1v) is 8.20. The lowest BCUT2D eigenvalue weighted by Crippen LogP contribution is -1.83. The van der Waals surface area contributed by atoms with E-state index in [2.05, 4.69) is 44.0 Å². The van der Waals surface area contributed by atoms with E-state index in [0.29, 0.717) is 0 Å². The molecule has 0 unspecified atom stereocenters. The summed E-state index contributed by atoms with van der Waals surface area (Å²) >= 11 is 6.58. The Morgan fingerprint density at radius 2 is 1.00 bits per heavy atom. The van der Waals surface area contributed by atoms with Gasteiger partial charge in [0, 0.05) is 8.96 Å². The third-order valence-corrected chi connectivity index (χ3v) is 3.84. The van der Waals surface area contributed by atoms with Crippen molar-refractivity contribution < 1.29 is 10.2 Å². The van der Waals surface area contributed by atoms with Crippen LogP contribution in [0.3, 0.4) is 0 Å². The Hall–Kier alpha value is 0.360. The van der Waals surface area contributed by atoms with Crippen molar-refractivity contribution in [2.45, 2.75) is 51.4 Å². The molecule has 0 fully saturated rings. The number of hydrogen-bond donors (Lipinski definition) is 2. The van der Waals surface area contributed by atoms with Crippen molar-refractivity contribution in [3.8, 4) is 0 Å². The van der Waals surface area contributed by atoms with Crippen molar-refractivity contribution in [1.82, 2.24) is 0 Å². The molecule has 0 aliphatic carbocycles. The number of aliphatic hydroxyl groups excluding tert-OH is 2. The molecule has 0 aliphatic rings. The minimum absolute atomic E-state index is 0.108. The van der Waals surface area contributed by atoms with Crippen LogP contribution in [-0.2, 0) is 0 Å². The predicted molar refractivity (Wildman–Crippen MR) is 85.1 cm³/mol. The SMILES string of the molecule is OC/C(Br)=C/CCCCCCCC/C=C(\Br)CO. The van der Waals surface area contributed by atoms with E-state index in [0.717, 1.165) is 21.8 Å². The molecule has 2 N–H and O–H groups in total. The molecule has 0 aromatic rings. The summed E-state index contributed by atoms with van der Waals surface area (Å²) in [4.78, 5) is 0. The average molecular weight is 384 g/mol. The van der Waals surface area contributed by atoms with Crippen molar-refractivity contribution in [2.75, 3.05) is 13.2 Å². The van der Waals surface area contributed by atoms with Crippen LogP contribution < -0.4 is 0 Å². The second kappa shape index (κ2) is 13.8. The van der Waals surface area contributed by atoms with E-state index in [1.54, 1.807) is 0 Å². The fourth-order valence-electron chi connectivity index (χ4n) is 1.64. The summed E-state index contributed by atoms with van der Waals surface area (Å²) in [7, 11) is 0. The minimum atomic E-state index is 0.108. The second-order valence-electron chi connectivity index (χ2n) is 4.32. The van der Waals surface area contributed by atoms with Gasteiger partial charge in [-0.15, -0.1) is 0 Å². The number of aliphatic hydroxyl groups is 2. The molecule has 0 radical (unpaired) electrons. The average Bonchev–Trinajstić information content (AvgIpc) is 2.40. The molecular weight excluding hydrogens is 360 g/mol. The van der Waals surface area contributed by atoms with Gasteiger partial charge in [0.05, 0.1) is 13.2 Å². The number of allylic oxidation sites excluding steroid dienone is 2. The van der Waals surface area contributed by atoms with Crippen LogP contribution in [0.2, 0.25) is 0 Å². The maximum absolute atomic E-state index is 8.78. The van der Waals surface area contributed by atoms with E-state index in [9.17, 15) is 0 Å². The van der Waals surface area contributed by atoms with Gasteiger partial charge >= 0.3 is 0 Å². The van der Waals surface area contributed by atoms with Gasteiger partial charge in [-0.25, -0.2) is 0 Å². The van der Waals surface area contributed by atoms with Gasteiger partial charge in [0.2, 0.25) is 0 Å². The van der Waals surface area contributed by atoms with Gasteiger partial charge in [-0.1, -0.05) is 69.7 Å². The van der Waals surface area contributed by atoms with Gasteiger partial charge in [-0.3, -0.25) is 0 Å². The number of halogens is 2. The van der Waals surface area contributed by atoms with E-state index in [4.69, 9.17) is 10.2 Å². The maximum atomic E-state index is 8.78. The van der Waals surface area contributed by atoms with Gasteiger partial charge in [0.15, 0.2) is 0 Å². The van der Waals surface area contributed by atoms with Crippen LogP contribution in [0, 0.1) is 0 Å². The third-order valence-electron chi connectivity index (χ3n) is 2.69. The fraction of sp³-hybridized carbons (Fsp3) is 0.714. The number of rotatable bonds is 11. The number of hydrogen-bond acceptors (Lipinski definition) is 2. The first-order chi connectivity index (χ1) is 8.70. The molecule has 0 saturated heterocycles. The molecule has 18 heavy (non-hydrogen) atoms. The Labute approximate surface area is 127 Å². The van der Waals surface area contributed by atoms with E-state index in [1.165, 1.54) is 38.5 Å². The smallest absolute Gasteiger partial charge is 0.0743 e. The van der Waals surface area contributed by atoms with Crippen LogP contribution in [0.15, 0.2) is 21.1 Å². The zero-order chi connectivity index (χ0) is 13.6. The highest BCUT2D eigenvalue weighted by atomic mass is 79.9. The predicted octanol–water partition coefficient (Wildman–Crippen LogP) is 4.65. The monoisotopic (exact) mass is 382 g/mol. The molecule has 0 spiro atoms. The molecular formula is C14H24Br2O2. The lowest BCUT2D eigenvalue weighted by atomic mass is 10.1. The van der Waals surface area contributed by atoms with Gasteiger partial charge in [-0.2, -0.15) is 0 Å². The summed E-state index contributed by atoms with van der Waals surface area (Å²) in [6.07, 6.45) is 13.7. The Morgan fingerprint density at radius 1 is 0.667 bits per heavy atom. The van der Waals surface area contributed by atoms with E-state index >= 15 is 0 Å². The van der Waals surface area contributed by atoms with Crippen LogP contribution >= 0.6 is 31.9 Å². The van der Waals surface area contributed by atoms with Crippen LogP contribution in [-0.4, -0.2) is 23.4 Å². The normalized spacial score (nSPS) is 13.1. The first-order valence-electron chi connectivity index (χ1n) is 6.61. The van der Waals surface area contributed by atoms with Crippen LogP contribution in [0.5, 0.6) is 0 Å². The quantitative estimate of drug-likeness (QED) is 0.510. The molecule has 0 aromatic carbocycles. The molecule has 0 atom stereocenters. The lowest BCUT2D eigenvalue weighted by Gasteiger charge is -2.00. The van der Waals surface area contributed by atoms with E-state index < -0.39 is 0 Å². The van der Waals surface area contributed by atoms with Crippen LogP contribution in [0.1, 0.15) is 51.4 Å². The van der Waals surface area contributed by atoms with Gasteiger partial charge in [0.1, 0.15) is 0 Å². The molecule has 0 bridgehead atoms. The van der Waals surface area contributed by atoms with Crippen molar-refractivity contribution in [2.24, 2.45) is 0 Å². The van der Waals surface area contributed by atoms with Crippen LogP contribution in [0.4, 0.5) is 0 Å². The largest absolute Gasteiger partial charge is 0.391 e. The standard InChI is InChI=1S/C14H24Br2O2/c15-13(11-17)9-7-5-3-1-2-4-6-8-10-14(16)12-18/h9-10,17-18H,1-8,11-12H2/b13-9-,14-10-. The Balaban J connectivity index is 3.22. The molecule has 0 aromatic heterocycles. The highest BCUT2D eigenvalue weighted by molar-refractivity contribution is 9.12. The van der Waals surface area contributed by atoms with E-state index in [1.807, 2.05) is 0 Å². The summed E-state index contributed by atoms with van der Waals surface area (Å²) in [5, 5.41) is 17.6. The molecule has 0 amide bonds. The summed E-state index contributed by atoms with van der Waals surface area (Å²) in [5.74, 6) is 0. The van der Waals surface area contributed by atoms with E-state index in [-0.39, 0.29) is 13.2 Å². The molecule has 0 saturated carbocycles. The zero-order valence-electron chi connectivity index (χ0n) is 10.9. The van der Waals surface area contributed by atoms with Gasteiger partial charge in [0.25, 0.3) is 0 Å². The summed E-state index contributed by atoms with van der Waals surface area (Å²) in [5.41, 5.74) is 0. The molecule has 0 heterocycles. The minimum Gasteiger partial charge on any atom is -0.391 e. The van der Waals surface area contributed by atoms with Crippen molar-refractivity contribution in [3.63, 3.8) is 0 Å². The Morgan fingerprint density at radius 3 is 1.33 bits per heavy atom. The highest BCUT2D eigenvalue weighted by Crippen LogP contribution is 2.12. The highest BCUT2D eigenvalue weighted by Gasteiger charge is 1.92. The lowest BCUT2D eigenvalue weighted by molar-refractivity contribution is 0.339. The molecule has 106 valence electrons. The topological polar surface area (TPSA) is 40.5 Å². The fourth-order valence-corrected chi connectivity index (χ4v) is 2.10. The molecule has 2 nitrogen and oxygen atoms in total. The molecule has 4 heteroatoms. The zero-order valence-corrected chi connectivity index (χ0v) is 14.0. The third kappa shape index (κ3) is 12.8. The van der Waals surface area contributed by atoms with Crippen molar-refractivity contribution in [3.05, 3.63) is 21.1 Å². The Kier molecular flexibility index (Phi) is 14.1. The molecule has 0 rings (SSSR count). The van der Waals surface area contributed by atoms with Gasteiger partial charge in [-0.05, 0) is 25.7 Å². The summed E-state index contributed by atoms with van der Waals surface area (Å²) in [6.45, 7) is 0.216. The van der Waals surface area contributed by atoms with Crippen molar-refractivity contribution in [1.29, 1.82) is 0 Å². The Bertz CT molecular complexity index is 224. The summed E-state index contributed by atoms with van der Waals surface area (Å²) in [6, 6.07) is 0. The van der Waals surface area contributed by atoms with Crippen LogP contribution in [0.25, 0.3) is 0 Å². The molecule has 0 aliphatic heterocycles. The second-order valence-corrected chi connectivity index (χ2v) is 6.35. The summed E-state index contributed by atoms with van der Waals surface area (Å²) < 4.78 is 1.78. The number of unbranched alkanes of at least 4 members (excludes halogenated alkanes) is 7. The maximum Gasteiger partial charge on any atom is 0.0743 e. The van der Waals surface area contributed by atoms with Gasteiger partial charge < -0.3 is 10.2 Å². The van der Waals surface area contributed by atoms with Crippen molar-refractivity contribution >= 4 is 31.9 Å².